The lowest BCUT2D eigenvalue weighted by Crippen LogP contribution is -2.61. The lowest BCUT2D eigenvalue weighted by molar-refractivity contribution is -0.181. The zero-order valence-electron chi connectivity index (χ0n) is 16.8. The highest BCUT2D eigenvalue weighted by molar-refractivity contribution is 6.21. The van der Waals surface area contributed by atoms with Crippen LogP contribution in [0.3, 0.4) is 0 Å². The van der Waals surface area contributed by atoms with Crippen molar-refractivity contribution in [2.24, 2.45) is 17.8 Å². The first kappa shape index (κ1) is 20.8. The van der Waals surface area contributed by atoms with E-state index in [1.165, 1.54) is 0 Å². The maximum absolute atomic E-state index is 14.7. The SMILES string of the molecule is CC1NCNC2C1CCN2[C@@H]1O[C@H]([C@@H]2OCCC3C(F)C(Cl)CCC32)[C@@H](O)[C@H]1O. The minimum Gasteiger partial charge on any atom is -0.387 e. The van der Waals surface area contributed by atoms with Gasteiger partial charge in [-0.3, -0.25) is 10.2 Å². The van der Waals surface area contributed by atoms with Crippen molar-refractivity contribution in [2.75, 3.05) is 19.8 Å². The Kier molecular flexibility index (Phi) is 5.84. The second-order valence-electron chi connectivity index (χ2n) is 9.47. The smallest absolute Gasteiger partial charge is 0.141 e. The van der Waals surface area contributed by atoms with Crippen molar-refractivity contribution in [1.29, 1.82) is 0 Å². The molecule has 0 aromatic carbocycles. The maximum Gasteiger partial charge on any atom is 0.141 e. The van der Waals surface area contributed by atoms with Gasteiger partial charge in [0.2, 0.25) is 0 Å². The molecule has 166 valence electrons. The van der Waals surface area contributed by atoms with Crippen LogP contribution in [0, 0.1) is 17.8 Å². The van der Waals surface area contributed by atoms with Gasteiger partial charge in [0, 0.05) is 31.8 Å². The summed E-state index contributed by atoms with van der Waals surface area (Å²) in [5.74, 6) is 0.222. The first-order valence-corrected chi connectivity index (χ1v) is 11.5. The van der Waals surface area contributed by atoms with Crippen molar-refractivity contribution >= 4 is 11.6 Å². The Morgan fingerprint density at radius 3 is 2.66 bits per heavy atom. The van der Waals surface area contributed by atoms with Crippen LogP contribution in [0.2, 0.25) is 0 Å². The number of nitrogens with zero attached hydrogens (tertiary/aromatic N) is 1. The fraction of sp³-hybridized carbons (Fsp3) is 1.00. The topological polar surface area (TPSA) is 86.2 Å². The molecule has 0 aromatic rings. The summed E-state index contributed by atoms with van der Waals surface area (Å²) >= 11 is 6.18. The summed E-state index contributed by atoms with van der Waals surface area (Å²) in [5.41, 5.74) is 0. The number of fused-ring (bicyclic) bond motifs is 2. The van der Waals surface area contributed by atoms with Gasteiger partial charge in [-0.15, -0.1) is 11.6 Å². The predicted molar refractivity (Wildman–Crippen MR) is 105 cm³/mol. The summed E-state index contributed by atoms with van der Waals surface area (Å²) in [5, 5.41) is 28.2. The molecule has 1 aliphatic carbocycles. The molecule has 4 saturated heterocycles. The van der Waals surface area contributed by atoms with Crippen LogP contribution in [0.5, 0.6) is 0 Å². The first-order chi connectivity index (χ1) is 14.0. The molecule has 7 nitrogen and oxygen atoms in total. The van der Waals surface area contributed by atoms with Gasteiger partial charge in [-0.2, -0.15) is 0 Å². The third kappa shape index (κ3) is 3.44. The molecular weight excluding hydrogens is 401 g/mol. The summed E-state index contributed by atoms with van der Waals surface area (Å²) in [4.78, 5) is 2.14. The Labute approximate surface area is 176 Å². The number of aliphatic hydroxyl groups excluding tert-OH is 2. The van der Waals surface area contributed by atoms with E-state index in [0.717, 1.165) is 19.4 Å². The normalized spacial score (nSPS) is 56.2. The van der Waals surface area contributed by atoms with Crippen LogP contribution in [-0.2, 0) is 9.47 Å². The quantitative estimate of drug-likeness (QED) is 0.468. The van der Waals surface area contributed by atoms with E-state index < -0.39 is 42.2 Å². The van der Waals surface area contributed by atoms with E-state index in [1.54, 1.807) is 0 Å². The van der Waals surface area contributed by atoms with Crippen LogP contribution < -0.4 is 10.6 Å². The second kappa shape index (κ2) is 8.13. The number of ether oxygens (including phenoxy) is 2. The fourth-order valence-corrected chi connectivity index (χ4v) is 6.75. The van der Waals surface area contributed by atoms with Crippen LogP contribution >= 0.6 is 11.6 Å². The van der Waals surface area contributed by atoms with E-state index in [9.17, 15) is 14.6 Å². The molecule has 29 heavy (non-hydrogen) atoms. The minimum atomic E-state index is -1.05. The highest BCUT2D eigenvalue weighted by Gasteiger charge is 2.56. The number of aliphatic hydroxyl groups is 2. The van der Waals surface area contributed by atoms with Crippen LogP contribution in [-0.4, -0.2) is 89.3 Å². The number of hydrogen-bond acceptors (Lipinski definition) is 7. The van der Waals surface area contributed by atoms with E-state index in [2.05, 4.69) is 22.5 Å². The molecule has 0 radical (unpaired) electrons. The van der Waals surface area contributed by atoms with Crippen LogP contribution in [0.1, 0.15) is 32.6 Å². The molecule has 4 N–H and O–H groups in total. The van der Waals surface area contributed by atoms with Crippen molar-refractivity contribution in [3.8, 4) is 0 Å². The Balaban J connectivity index is 1.32. The number of hydrogen-bond donors (Lipinski definition) is 4. The zero-order valence-corrected chi connectivity index (χ0v) is 17.5. The minimum absolute atomic E-state index is 0.0392. The molecule has 0 aromatic heterocycles. The molecule has 4 aliphatic heterocycles. The number of rotatable bonds is 2. The number of alkyl halides is 2. The molecule has 5 rings (SSSR count). The van der Waals surface area contributed by atoms with Gasteiger partial charge in [0.25, 0.3) is 0 Å². The molecule has 5 aliphatic rings. The third-order valence-corrected chi connectivity index (χ3v) is 8.51. The summed E-state index contributed by atoms with van der Waals surface area (Å²) in [7, 11) is 0. The highest BCUT2D eigenvalue weighted by Crippen LogP contribution is 2.46. The molecule has 12 atom stereocenters. The molecule has 0 amide bonds. The lowest BCUT2D eigenvalue weighted by Gasteiger charge is -2.46. The lowest BCUT2D eigenvalue weighted by atomic mass is 9.70. The van der Waals surface area contributed by atoms with E-state index >= 15 is 0 Å². The standard InChI is InChI=1S/C20H33ClFN3O4/c1-9-10-4-6-25(19(10)24-8-23-9)20-16(27)15(26)18(29-20)17-12-2-3-13(21)14(22)11(12)5-7-28-17/h9-20,23-24,26-27H,2-8H2,1H3/t9?,10?,11?,12?,13?,14?,15-,16+,17+,18-,19?,20+/m0/s1. The summed E-state index contributed by atoms with van der Waals surface area (Å²) in [6.45, 7) is 4.12. The van der Waals surface area contributed by atoms with Gasteiger partial charge in [-0.1, -0.05) is 0 Å². The Bertz CT molecular complexity index is 606. The van der Waals surface area contributed by atoms with Crippen LogP contribution in [0.25, 0.3) is 0 Å². The maximum atomic E-state index is 14.7. The molecule has 0 spiro atoms. The molecule has 4 heterocycles. The monoisotopic (exact) mass is 433 g/mol. The van der Waals surface area contributed by atoms with Crippen LogP contribution in [0.15, 0.2) is 0 Å². The number of halogens is 2. The molecule has 7 unspecified atom stereocenters. The van der Waals surface area contributed by atoms with Gasteiger partial charge < -0.3 is 25.0 Å². The summed E-state index contributed by atoms with van der Waals surface area (Å²) in [6.07, 6.45) is -1.65. The average molecular weight is 434 g/mol. The Hall–Kier alpha value is -0.0600. The van der Waals surface area contributed by atoms with Gasteiger partial charge >= 0.3 is 0 Å². The molecule has 9 heteroatoms. The van der Waals surface area contributed by atoms with E-state index in [0.29, 0.717) is 38.1 Å². The largest absolute Gasteiger partial charge is 0.387 e. The van der Waals surface area contributed by atoms with Crippen molar-refractivity contribution in [2.45, 2.75) is 87.0 Å². The third-order valence-electron chi connectivity index (χ3n) is 8.05. The molecule has 1 saturated carbocycles. The van der Waals surface area contributed by atoms with Gasteiger partial charge in [-0.25, -0.2) is 4.39 Å². The zero-order chi connectivity index (χ0) is 20.3. The van der Waals surface area contributed by atoms with Gasteiger partial charge in [-0.05, 0) is 44.4 Å². The van der Waals surface area contributed by atoms with Gasteiger partial charge in [0.15, 0.2) is 0 Å². The predicted octanol–water partition coefficient (Wildman–Crippen LogP) is 0.381. The molecule has 5 fully saturated rings. The molecule has 0 bridgehead atoms. The van der Waals surface area contributed by atoms with Crippen molar-refractivity contribution in [3.05, 3.63) is 0 Å². The summed E-state index contributed by atoms with van der Waals surface area (Å²) < 4.78 is 27.0. The first-order valence-electron chi connectivity index (χ1n) is 11.1. The fourth-order valence-electron chi connectivity index (χ4n) is 6.44. The Morgan fingerprint density at radius 2 is 1.83 bits per heavy atom. The molecular formula is C20H33ClFN3O4. The van der Waals surface area contributed by atoms with Crippen molar-refractivity contribution in [3.63, 3.8) is 0 Å². The van der Waals surface area contributed by atoms with E-state index in [-0.39, 0.29) is 18.0 Å². The van der Waals surface area contributed by atoms with Crippen LogP contribution in [0.4, 0.5) is 4.39 Å². The van der Waals surface area contributed by atoms with Crippen molar-refractivity contribution in [1.82, 2.24) is 15.5 Å². The van der Waals surface area contributed by atoms with E-state index in [4.69, 9.17) is 21.1 Å². The average Bonchev–Trinajstić information content (AvgIpc) is 3.27. The van der Waals surface area contributed by atoms with Gasteiger partial charge in [0.1, 0.15) is 30.7 Å². The van der Waals surface area contributed by atoms with E-state index in [1.807, 2.05) is 0 Å². The summed E-state index contributed by atoms with van der Waals surface area (Å²) in [6, 6.07) is 0.389. The second-order valence-corrected chi connectivity index (χ2v) is 10.0. The van der Waals surface area contributed by atoms with Crippen molar-refractivity contribution < 1.29 is 24.1 Å². The number of likely N-dealkylation sites (tertiary alicyclic amines) is 1. The number of nitrogens with one attached hydrogen (secondary N) is 2. The van der Waals surface area contributed by atoms with Gasteiger partial charge in [0.05, 0.1) is 17.6 Å². The Morgan fingerprint density at radius 1 is 1.00 bits per heavy atom. The highest BCUT2D eigenvalue weighted by atomic mass is 35.5.